The number of hydrogen-bond acceptors (Lipinski definition) is 6. The van der Waals surface area contributed by atoms with E-state index in [0.717, 1.165) is 35.6 Å². The molecule has 5 heterocycles. The van der Waals surface area contributed by atoms with Gasteiger partial charge in [0.25, 0.3) is 0 Å². The summed E-state index contributed by atoms with van der Waals surface area (Å²) >= 11 is 1.74. The SMILES string of the molecule is Cc1cc(Cc2nc(O[C@H]3CCOC3)c3c(ccn3-c3cnn(C)c3)n2)cs1. The van der Waals surface area contributed by atoms with Gasteiger partial charge in [-0.2, -0.15) is 10.1 Å². The van der Waals surface area contributed by atoms with Crippen molar-refractivity contribution in [3.8, 4) is 11.6 Å². The van der Waals surface area contributed by atoms with Crippen LogP contribution in [0.25, 0.3) is 16.7 Å². The van der Waals surface area contributed by atoms with Crippen LogP contribution < -0.4 is 4.74 Å². The summed E-state index contributed by atoms with van der Waals surface area (Å²) in [5, 5.41) is 6.45. The Bertz CT molecular complexity index is 1120. The quantitative estimate of drug-likeness (QED) is 0.519. The van der Waals surface area contributed by atoms with E-state index in [1.807, 2.05) is 36.3 Å². The van der Waals surface area contributed by atoms with Gasteiger partial charge in [-0.15, -0.1) is 11.3 Å². The molecule has 7 nitrogen and oxygen atoms in total. The van der Waals surface area contributed by atoms with Gasteiger partial charge in [0.2, 0.25) is 5.88 Å². The van der Waals surface area contributed by atoms with E-state index in [1.54, 1.807) is 16.0 Å². The van der Waals surface area contributed by atoms with Gasteiger partial charge in [-0.1, -0.05) is 0 Å². The van der Waals surface area contributed by atoms with Crippen molar-refractivity contribution in [2.75, 3.05) is 13.2 Å². The number of ether oxygens (including phenoxy) is 2. The molecule has 1 fully saturated rings. The third kappa shape index (κ3) is 3.29. The smallest absolute Gasteiger partial charge is 0.242 e. The average Bonchev–Trinajstić information content (AvgIpc) is 3.43. The molecule has 4 aromatic rings. The summed E-state index contributed by atoms with van der Waals surface area (Å²) in [5.74, 6) is 1.37. The van der Waals surface area contributed by atoms with Crippen LogP contribution in [-0.4, -0.2) is 43.6 Å². The van der Waals surface area contributed by atoms with Crippen molar-refractivity contribution in [2.45, 2.75) is 25.9 Å². The van der Waals surface area contributed by atoms with Crippen molar-refractivity contribution in [1.29, 1.82) is 0 Å². The predicted octanol–water partition coefficient (Wildman–Crippen LogP) is 3.28. The second-order valence-electron chi connectivity index (χ2n) is 7.08. The molecule has 0 spiro atoms. The molecule has 28 heavy (non-hydrogen) atoms. The summed E-state index contributed by atoms with van der Waals surface area (Å²) in [6.07, 6.45) is 7.36. The van der Waals surface area contributed by atoms with Crippen molar-refractivity contribution in [2.24, 2.45) is 7.05 Å². The fourth-order valence-electron chi connectivity index (χ4n) is 3.50. The summed E-state index contributed by atoms with van der Waals surface area (Å²) in [7, 11) is 1.90. The van der Waals surface area contributed by atoms with E-state index in [1.165, 1.54) is 10.4 Å². The maximum Gasteiger partial charge on any atom is 0.242 e. The molecule has 0 N–H and O–H groups in total. The highest BCUT2D eigenvalue weighted by molar-refractivity contribution is 7.10. The number of hydrogen-bond donors (Lipinski definition) is 0. The Kier molecular flexibility index (Phi) is 4.37. The lowest BCUT2D eigenvalue weighted by atomic mass is 10.2. The molecule has 0 aliphatic carbocycles. The number of thiophene rings is 1. The van der Waals surface area contributed by atoms with E-state index in [4.69, 9.17) is 19.4 Å². The zero-order valence-electron chi connectivity index (χ0n) is 15.8. The van der Waals surface area contributed by atoms with Crippen LogP contribution in [0.15, 0.2) is 36.1 Å². The molecular formula is C20H21N5O2S. The van der Waals surface area contributed by atoms with Gasteiger partial charge in [0.05, 0.1) is 30.6 Å². The predicted molar refractivity (Wildman–Crippen MR) is 107 cm³/mol. The largest absolute Gasteiger partial charge is 0.470 e. The van der Waals surface area contributed by atoms with E-state index >= 15 is 0 Å². The van der Waals surface area contributed by atoms with Gasteiger partial charge in [-0.25, -0.2) is 4.98 Å². The van der Waals surface area contributed by atoms with Crippen molar-refractivity contribution in [1.82, 2.24) is 24.3 Å². The van der Waals surface area contributed by atoms with E-state index in [-0.39, 0.29) is 6.10 Å². The first-order valence-electron chi connectivity index (χ1n) is 9.31. The van der Waals surface area contributed by atoms with Gasteiger partial charge in [-0.3, -0.25) is 4.68 Å². The summed E-state index contributed by atoms with van der Waals surface area (Å²) in [6, 6.07) is 4.19. The van der Waals surface area contributed by atoms with E-state index in [9.17, 15) is 0 Å². The number of rotatable bonds is 5. The maximum atomic E-state index is 6.28. The van der Waals surface area contributed by atoms with Gasteiger partial charge >= 0.3 is 0 Å². The number of nitrogens with zero attached hydrogens (tertiary/aromatic N) is 5. The van der Waals surface area contributed by atoms with E-state index < -0.39 is 0 Å². The lowest BCUT2D eigenvalue weighted by Gasteiger charge is -2.14. The molecule has 0 unspecified atom stereocenters. The topological polar surface area (TPSA) is 67.0 Å². The molecule has 0 amide bonds. The molecule has 0 saturated carbocycles. The lowest BCUT2D eigenvalue weighted by molar-refractivity contribution is 0.139. The molecule has 1 saturated heterocycles. The summed E-state index contributed by atoms with van der Waals surface area (Å²) in [4.78, 5) is 10.9. The standard InChI is InChI=1S/C20H21N5O2S/c1-13-7-14(12-28-13)8-18-22-17-3-5-25(15-9-21-24(2)10-15)19(17)20(23-18)27-16-4-6-26-11-16/h3,5,7,9-10,12,16H,4,6,8,11H2,1-2H3/t16-/m0/s1. The minimum atomic E-state index is 0.0200. The Balaban J connectivity index is 1.59. The van der Waals surface area contributed by atoms with Crippen LogP contribution in [0.4, 0.5) is 0 Å². The molecule has 0 radical (unpaired) electrons. The molecule has 4 aromatic heterocycles. The zero-order valence-corrected chi connectivity index (χ0v) is 16.6. The third-order valence-electron chi connectivity index (χ3n) is 4.83. The van der Waals surface area contributed by atoms with Crippen LogP contribution in [0.5, 0.6) is 5.88 Å². The maximum absolute atomic E-state index is 6.28. The first-order valence-corrected chi connectivity index (χ1v) is 10.2. The molecule has 1 aliphatic heterocycles. The van der Waals surface area contributed by atoms with Crippen LogP contribution >= 0.6 is 11.3 Å². The lowest BCUT2D eigenvalue weighted by Crippen LogP contribution is -2.18. The Morgan fingerprint density at radius 3 is 3.00 bits per heavy atom. The summed E-state index contributed by atoms with van der Waals surface area (Å²) in [5.41, 5.74) is 3.92. The first-order chi connectivity index (χ1) is 13.7. The third-order valence-corrected chi connectivity index (χ3v) is 5.74. The van der Waals surface area contributed by atoms with Crippen molar-refractivity contribution in [3.63, 3.8) is 0 Å². The summed E-state index contributed by atoms with van der Waals surface area (Å²) in [6.45, 7) is 3.43. The summed E-state index contributed by atoms with van der Waals surface area (Å²) < 4.78 is 15.6. The van der Waals surface area contributed by atoms with Crippen molar-refractivity contribution < 1.29 is 9.47 Å². The number of fused-ring (bicyclic) bond motifs is 1. The Labute approximate surface area is 166 Å². The van der Waals surface area contributed by atoms with Gasteiger partial charge in [0.1, 0.15) is 17.4 Å². The highest BCUT2D eigenvalue weighted by atomic mass is 32.1. The molecule has 5 rings (SSSR count). The van der Waals surface area contributed by atoms with Crippen molar-refractivity contribution in [3.05, 3.63) is 52.4 Å². The molecule has 1 aliphatic rings. The average molecular weight is 395 g/mol. The second-order valence-corrected chi connectivity index (χ2v) is 8.20. The first kappa shape index (κ1) is 17.4. The molecule has 8 heteroatoms. The normalized spacial score (nSPS) is 16.9. The second kappa shape index (κ2) is 7.03. The van der Waals surface area contributed by atoms with E-state index in [2.05, 4.69) is 23.5 Å². The molecule has 0 aromatic carbocycles. The highest BCUT2D eigenvalue weighted by Gasteiger charge is 2.22. The molecule has 0 bridgehead atoms. The van der Waals surface area contributed by atoms with E-state index in [0.29, 0.717) is 18.9 Å². The fourth-order valence-corrected chi connectivity index (χ4v) is 4.21. The molecular weight excluding hydrogens is 374 g/mol. The highest BCUT2D eigenvalue weighted by Crippen LogP contribution is 2.29. The zero-order chi connectivity index (χ0) is 19.1. The minimum absolute atomic E-state index is 0.0200. The van der Waals surface area contributed by atoms with Gasteiger partial charge in [0.15, 0.2) is 0 Å². The van der Waals surface area contributed by atoms with Gasteiger partial charge < -0.3 is 14.0 Å². The van der Waals surface area contributed by atoms with Crippen LogP contribution in [0.1, 0.15) is 22.7 Å². The minimum Gasteiger partial charge on any atom is -0.470 e. The molecule has 1 atom stereocenters. The van der Waals surface area contributed by atoms with Gasteiger partial charge in [-0.05, 0) is 30.0 Å². The Morgan fingerprint density at radius 2 is 2.29 bits per heavy atom. The van der Waals surface area contributed by atoms with Crippen LogP contribution in [-0.2, 0) is 18.2 Å². The monoisotopic (exact) mass is 395 g/mol. The van der Waals surface area contributed by atoms with Crippen LogP contribution in [0.3, 0.4) is 0 Å². The number of aryl methyl sites for hydroxylation is 2. The number of aromatic nitrogens is 5. The Hall–Kier alpha value is -2.71. The Morgan fingerprint density at radius 1 is 1.36 bits per heavy atom. The van der Waals surface area contributed by atoms with Gasteiger partial charge in [0, 0.05) is 37.2 Å². The van der Waals surface area contributed by atoms with Crippen LogP contribution in [0.2, 0.25) is 0 Å². The van der Waals surface area contributed by atoms with Crippen molar-refractivity contribution >= 4 is 22.4 Å². The molecule has 144 valence electrons. The van der Waals surface area contributed by atoms with Crippen LogP contribution in [0, 0.1) is 6.92 Å². The fraction of sp³-hybridized carbons (Fsp3) is 0.350.